The maximum atomic E-state index is 10.6. The van der Waals surface area contributed by atoms with Gasteiger partial charge in [-0.3, -0.25) is 4.79 Å². The van der Waals surface area contributed by atoms with Crippen LogP contribution in [-0.4, -0.2) is 18.0 Å². The third kappa shape index (κ3) is 1.47. The minimum absolute atomic E-state index is 0.0980. The molecule has 0 aromatic carbocycles. The summed E-state index contributed by atoms with van der Waals surface area (Å²) >= 11 is 0. The number of nitrogens with one attached hydrogen (secondary N) is 1. The van der Waals surface area contributed by atoms with Crippen molar-refractivity contribution in [2.75, 3.05) is 7.11 Å². The molecule has 68 valence electrons. The van der Waals surface area contributed by atoms with E-state index in [1.165, 1.54) is 0 Å². The molecule has 0 spiro atoms. The van der Waals surface area contributed by atoms with Crippen LogP contribution >= 0.6 is 0 Å². The molecule has 1 atom stereocenters. The number of hydrogen-bond donors (Lipinski definition) is 1. The van der Waals surface area contributed by atoms with Crippen molar-refractivity contribution in [1.29, 1.82) is 0 Å². The van der Waals surface area contributed by atoms with Gasteiger partial charge in [0.25, 0.3) is 0 Å². The van der Waals surface area contributed by atoms with Crippen molar-refractivity contribution in [3.05, 3.63) is 23.9 Å². The molecule has 13 heavy (non-hydrogen) atoms. The Bertz CT molecular complexity index is 313. The zero-order chi connectivity index (χ0) is 9.26. The molecule has 0 bridgehead atoms. The molecule has 0 saturated carbocycles. The highest BCUT2D eigenvalue weighted by Gasteiger charge is 2.26. The molecule has 2 heterocycles. The number of pyridine rings is 1. The van der Waals surface area contributed by atoms with Gasteiger partial charge in [-0.15, -0.1) is 0 Å². The average molecular weight is 178 g/mol. The van der Waals surface area contributed by atoms with Crippen LogP contribution in [0.5, 0.6) is 5.88 Å². The van der Waals surface area contributed by atoms with Crippen LogP contribution in [0.3, 0.4) is 0 Å². The zero-order valence-electron chi connectivity index (χ0n) is 7.28. The number of hydrogen-bond acceptors (Lipinski definition) is 3. The first-order valence-corrected chi connectivity index (χ1v) is 4.09. The molecule has 1 aliphatic heterocycles. The summed E-state index contributed by atoms with van der Waals surface area (Å²) in [5.74, 6) is 0.690. The number of aromatic nitrogens is 1. The van der Waals surface area contributed by atoms with E-state index in [2.05, 4.69) is 10.3 Å². The average Bonchev–Trinajstić information content (AvgIpc) is 2.13. The number of carbonyl (C=O) groups is 1. The van der Waals surface area contributed by atoms with Crippen molar-refractivity contribution < 1.29 is 9.53 Å². The molecule has 1 unspecified atom stereocenters. The van der Waals surface area contributed by atoms with Gasteiger partial charge in [0.1, 0.15) is 0 Å². The van der Waals surface area contributed by atoms with Crippen molar-refractivity contribution >= 4 is 5.91 Å². The van der Waals surface area contributed by atoms with Crippen molar-refractivity contribution in [1.82, 2.24) is 10.3 Å². The summed E-state index contributed by atoms with van der Waals surface area (Å²) in [4.78, 5) is 14.7. The molecule has 1 fully saturated rings. The molecule has 1 saturated heterocycles. The molecular formula is C9H10N2O2. The second kappa shape index (κ2) is 3.05. The fourth-order valence-corrected chi connectivity index (χ4v) is 1.28. The molecule has 1 N–H and O–H groups in total. The van der Waals surface area contributed by atoms with Gasteiger partial charge in [0.15, 0.2) is 0 Å². The summed E-state index contributed by atoms with van der Waals surface area (Å²) in [7, 11) is 1.58. The second-order valence-electron chi connectivity index (χ2n) is 2.96. The van der Waals surface area contributed by atoms with Gasteiger partial charge in [-0.2, -0.15) is 0 Å². The number of nitrogens with zero attached hydrogens (tertiary/aromatic N) is 1. The minimum Gasteiger partial charge on any atom is -0.481 e. The number of amides is 1. The maximum absolute atomic E-state index is 10.6. The summed E-state index contributed by atoms with van der Waals surface area (Å²) in [5, 5.41) is 2.78. The van der Waals surface area contributed by atoms with E-state index in [-0.39, 0.29) is 11.9 Å². The van der Waals surface area contributed by atoms with Crippen LogP contribution in [0.4, 0.5) is 0 Å². The predicted molar refractivity (Wildman–Crippen MR) is 46.3 cm³/mol. The van der Waals surface area contributed by atoms with Crippen LogP contribution in [0, 0.1) is 0 Å². The van der Waals surface area contributed by atoms with Gasteiger partial charge in [0.2, 0.25) is 11.8 Å². The Morgan fingerprint density at radius 1 is 1.62 bits per heavy atom. The fraction of sp³-hybridized carbons (Fsp3) is 0.333. The Morgan fingerprint density at radius 2 is 2.38 bits per heavy atom. The first-order valence-electron chi connectivity index (χ1n) is 4.09. The first-order chi connectivity index (χ1) is 6.29. The first kappa shape index (κ1) is 8.04. The van der Waals surface area contributed by atoms with Gasteiger partial charge < -0.3 is 10.1 Å². The normalized spacial score (nSPS) is 20.4. The van der Waals surface area contributed by atoms with Crippen molar-refractivity contribution in [2.45, 2.75) is 12.5 Å². The van der Waals surface area contributed by atoms with E-state index < -0.39 is 0 Å². The summed E-state index contributed by atoms with van der Waals surface area (Å²) in [5.41, 5.74) is 1.03. The smallest absolute Gasteiger partial charge is 0.222 e. The molecule has 1 aliphatic rings. The molecule has 0 radical (unpaired) electrons. The van der Waals surface area contributed by atoms with Crippen LogP contribution in [0.15, 0.2) is 18.3 Å². The number of methoxy groups -OCH3 is 1. The van der Waals surface area contributed by atoms with E-state index in [0.29, 0.717) is 12.3 Å². The Hall–Kier alpha value is -1.58. The third-order valence-electron chi connectivity index (χ3n) is 2.10. The lowest BCUT2D eigenvalue weighted by Crippen LogP contribution is -2.41. The van der Waals surface area contributed by atoms with Gasteiger partial charge in [0, 0.05) is 12.3 Å². The summed E-state index contributed by atoms with van der Waals surface area (Å²) in [6.07, 6.45) is 2.29. The molecule has 4 heteroatoms. The summed E-state index contributed by atoms with van der Waals surface area (Å²) < 4.78 is 4.92. The van der Waals surface area contributed by atoms with Crippen LogP contribution in [0.1, 0.15) is 18.0 Å². The Kier molecular flexibility index (Phi) is 1.88. The number of ether oxygens (including phenoxy) is 1. The maximum Gasteiger partial charge on any atom is 0.222 e. The highest BCUT2D eigenvalue weighted by atomic mass is 16.5. The number of β-lactam (4-membered cyclic amide) rings is 1. The van der Waals surface area contributed by atoms with Crippen molar-refractivity contribution in [2.24, 2.45) is 0 Å². The second-order valence-corrected chi connectivity index (χ2v) is 2.96. The molecule has 1 aromatic rings. The van der Waals surface area contributed by atoms with Crippen molar-refractivity contribution in [3.8, 4) is 5.88 Å². The lowest BCUT2D eigenvalue weighted by atomic mass is 9.99. The topological polar surface area (TPSA) is 51.2 Å². The SMILES string of the molecule is COc1ccc(C2CC(=O)N2)cn1. The van der Waals surface area contributed by atoms with E-state index in [1.54, 1.807) is 19.4 Å². The van der Waals surface area contributed by atoms with E-state index >= 15 is 0 Å². The van der Waals surface area contributed by atoms with Crippen molar-refractivity contribution in [3.63, 3.8) is 0 Å². The minimum atomic E-state index is 0.0980. The highest BCUT2D eigenvalue weighted by Crippen LogP contribution is 2.23. The lowest BCUT2D eigenvalue weighted by Gasteiger charge is -2.26. The van der Waals surface area contributed by atoms with Crippen LogP contribution in [0.25, 0.3) is 0 Å². The van der Waals surface area contributed by atoms with Gasteiger partial charge in [-0.1, -0.05) is 6.07 Å². The van der Waals surface area contributed by atoms with E-state index in [4.69, 9.17) is 4.74 Å². The summed E-state index contributed by atoms with van der Waals surface area (Å²) in [6, 6.07) is 3.85. The summed E-state index contributed by atoms with van der Waals surface area (Å²) in [6.45, 7) is 0. The van der Waals surface area contributed by atoms with Gasteiger partial charge in [-0.25, -0.2) is 4.98 Å². The Labute approximate surface area is 75.9 Å². The predicted octanol–water partition coefficient (Wildman–Crippen LogP) is 0.651. The molecule has 2 rings (SSSR count). The monoisotopic (exact) mass is 178 g/mol. The molecule has 4 nitrogen and oxygen atoms in total. The standard InChI is InChI=1S/C9H10N2O2/c1-13-9-3-2-6(5-10-9)7-4-8(12)11-7/h2-3,5,7H,4H2,1H3,(H,11,12). The van der Waals surface area contributed by atoms with E-state index in [1.807, 2.05) is 6.07 Å². The van der Waals surface area contributed by atoms with E-state index in [0.717, 1.165) is 5.56 Å². The third-order valence-corrected chi connectivity index (χ3v) is 2.10. The largest absolute Gasteiger partial charge is 0.481 e. The van der Waals surface area contributed by atoms with Gasteiger partial charge >= 0.3 is 0 Å². The number of carbonyl (C=O) groups excluding carboxylic acids is 1. The Morgan fingerprint density at radius 3 is 2.85 bits per heavy atom. The molecular weight excluding hydrogens is 168 g/mol. The number of rotatable bonds is 2. The highest BCUT2D eigenvalue weighted by molar-refractivity contribution is 5.83. The lowest BCUT2D eigenvalue weighted by molar-refractivity contribution is -0.128. The van der Waals surface area contributed by atoms with Crippen LogP contribution in [0.2, 0.25) is 0 Å². The van der Waals surface area contributed by atoms with Gasteiger partial charge in [-0.05, 0) is 5.56 Å². The fourth-order valence-electron chi connectivity index (χ4n) is 1.28. The Balaban J connectivity index is 2.10. The quantitative estimate of drug-likeness (QED) is 0.676. The molecule has 1 aromatic heterocycles. The molecule has 1 amide bonds. The van der Waals surface area contributed by atoms with Crippen LogP contribution in [-0.2, 0) is 4.79 Å². The zero-order valence-corrected chi connectivity index (χ0v) is 7.28. The van der Waals surface area contributed by atoms with E-state index in [9.17, 15) is 4.79 Å². The molecule has 0 aliphatic carbocycles. The van der Waals surface area contributed by atoms with Gasteiger partial charge in [0.05, 0.1) is 19.6 Å². The van der Waals surface area contributed by atoms with Crippen LogP contribution < -0.4 is 10.1 Å².